The van der Waals surface area contributed by atoms with Crippen LogP contribution in [0.3, 0.4) is 0 Å². The van der Waals surface area contributed by atoms with Gasteiger partial charge in [-0.3, -0.25) is 4.90 Å². The van der Waals surface area contributed by atoms with E-state index in [1.54, 1.807) is 0 Å². The van der Waals surface area contributed by atoms with Crippen LogP contribution < -0.4 is 5.32 Å². The maximum atomic E-state index is 10.2. The Morgan fingerprint density at radius 2 is 2.19 bits per heavy atom. The van der Waals surface area contributed by atoms with Gasteiger partial charge in [0.15, 0.2) is 0 Å². The molecule has 4 heteroatoms. The summed E-state index contributed by atoms with van der Waals surface area (Å²) in [5.74, 6) is 0. The number of nitrogens with zero attached hydrogens (tertiary/aromatic N) is 1. The van der Waals surface area contributed by atoms with Gasteiger partial charge < -0.3 is 15.2 Å². The minimum atomic E-state index is -0.416. The van der Waals surface area contributed by atoms with Crippen LogP contribution in [0.5, 0.6) is 0 Å². The summed E-state index contributed by atoms with van der Waals surface area (Å²) in [4.78, 5) is 2.40. The van der Waals surface area contributed by atoms with E-state index in [1.165, 1.54) is 6.42 Å². The smallest absolute Gasteiger partial charge is 0.0900 e. The molecular weight excluding hydrogens is 264 g/mol. The SMILES string of the molecule is CCCN(CC(O)COCc1ccccc1)C1CCNC1. The molecular formula is C17H28N2O2. The highest BCUT2D eigenvalue weighted by Gasteiger charge is 2.23. The molecule has 0 amide bonds. The third-order valence-corrected chi connectivity index (χ3v) is 3.93. The van der Waals surface area contributed by atoms with Gasteiger partial charge in [-0.2, -0.15) is 0 Å². The van der Waals surface area contributed by atoms with Gasteiger partial charge in [0, 0.05) is 19.1 Å². The molecule has 0 spiro atoms. The molecule has 0 bridgehead atoms. The van der Waals surface area contributed by atoms with Crippen LogP contribution in [0.4, 0.5) is 0 Å². The maximum Gasteiger partial charge on any atom is 0.0900 e. The van der Waals surface area contributed by atoms with Crippen molar-refractivity contribution in [2.24, 2.45) is 0 Å². The zero-order chi connectivity index (χ0) is 14.9. The van der Waals surface area contributed by atoms with E-state index < -0.39 is 6.10 Å². The number of rotatable bonds is 9. The third-order valence-electron chi connectivity index (χ3n) is 3.93. The molecule has 2 unspecified atom stereocenters. The van der Waals surface area contributed by atoms with Crippen LogP contribution in [0.2, 0.25) is 0 Å². The average molecular weight is 292 g/mol. The number of ether oxygens (including phenoxy) is 1. The third kappa shape index (κ3) is 5.75. The largest absolute Gasteiger partial charge is 0.389 e. The van der Waals surface area contributed by atoms with Crippen molar-refractivity contribution in [1.29, 1.82) is 0 Å². The number of aliphatic hydroxyl groups excluding tert-OH is 1. The van der Waals surface area contributed by atoms with Crippen molar-refractivity contribution in [1.82, 2.24) is 10.2 Å². The van der Waals surface area contributed by atoms with Crippen molar-refractivity contribution in [3.8, 4) is 0 Å². The van der Waals surface area contributed by atoms with E-state index in [9.17, 15) is 5.11 Å². The second-order valence-corrected chi connectivity index (χ2v) is 5.80. The van der Waals surface area contributed by atoms with Crippen molar-refractivity contribution in [2.45, 2.75) is 38.5 Å². The summed E-state index contributed by atoms with van der Waals surface area (Å²) < 4.78 is 5.63. The first-order valence-corrected chi connectivity index (χ1v) is 8.04. The van der Waals surface area contributed by atoms with E-state index in [2.05, 4.69) is 17.1 Å². The minimum Gasteiger partial charge on any atom is -0.389 e. The fourth-order valence-corrected chi connectivity index (χ4v) is 2.87. The van der Waals surface area contributed by atoms with Crippen LogP contribution in [-0.2, 0) is 11.3 Å². The van der Waals surface area contributed by atoms with Crippen LogP contribution in [0, 0.1) is 0 Å². The van der Waals surface area contributed by atoms with Gasteiger partial charge in [0.05, 0.1) is 19.3 Å². The lowest BCUT2D eigenvalue weighted by atomic mass is 10.2. The molecule has 0 radical (unpaired) electrons. The molecule has 118 valence electrons. The first-order chi connectivity index (χ1) is 10.3. The summed E-state index contributed by atoms with van der Waals surface area (Å²) in [5, 5.41) is 13.6. The number of hydrogen-bond acceptors (Lipinski definition) is 4. The Kier molecular flexibility index (Phi) is 7.16. The van der Waals surface area contributed by atoms with Crippen LogP contribution in [0.1, 0.15) is 25.3 Å². The summed E-state index contributed by atoms with van der Waals surface area (Å²) in [6.45, 7) is 7.03. The van der Waals surface area contributed by atoms with Gasteiger partial charge in [0.1, 0.15) is 0 Å². The number of benzene rings is 1. The Morgan fingerprint density at radius 1 is 1.38 bits per heavy atom. The fraction of sp³-hybridized carbons (Fsp3) is 0.647. The van der Waals surface area contributed by atoms with Crippen LogP contribution in [0.25, 0.3) is 0 Å². The number of hydrogen-bond donors (Lipinski definition) is 2. The zero-order valence-corrected chi connectivity index (χ0v) is 13.0. The summed E-state index contributed by atoms with van der Waals surface area (Å²) in [5.41, 5.74) is 1.15. The Labute approximate surface area is 128 Å². The van der Waals surface area contributed by atoms with E-state index in [1.807, 2.05) is 30.3 Å². The van der Waals surface area contributed by atoms with E-state index in [0.29, 0.717) is 25.8 Å². The van der Waals surface area contributed by atoms with Gasteiger partial charge in [0.2, 0.25) is 0 Å². The first kappa shape index (κ1) is 16.4. The predicted molar refractivity (Wildman–Crippen MR) is 85.2 cm³/mol. The second-order valence-electron chi connectivity index (χ2n) is 5.80. The molecule has 1 aromatic carbocycles. The summed E-state index contributed by atoms with van der Waals surface area (Å²) in [6.07, 6.45) is 1.88. The molecule has 1 heterocycles. The van der Waals surface area contributed by atoms with Crippen molar-refractivity contribution in [3.63, 3.8) is 0 Å². The van der Waals surface area contributed by atoms with Gasteiger partial charge in [-0.1, -0.05) is 37.3 Å². The monoisotopic (exact) mass is 292 g/mol. The molecule has 1 aliphatic heterocycles. The summed E-state index contributed by atoms with van der Waals surface area (Å²) in [7, 11) is 0. The average Bonchev–Trinajstić information content (AvgIpc) is 3.02. The van der Waals surface area contributed by atoms with E-state index >= 15 is 0 Å². The molecule has 2 rings (SSSR count). The van der Waals surface area contributed by atoms with Gasteiger partial charge in [-0.15, -0.1) is 0 Å². The molecule has 1 fully saturated rings. The van der Waals surface area contributed by atoms with Gasteiger partial charge in [-0.25, -0.2) is 0 Å². The van der Waals surface area contributed by atoms with E-state index in [4.69, 9.17) is 4.74 Å². The van der Waals surface area contributed by atoms with Crippen LogP contribution in [0.15, 0.2) is 30.3 Å². The van der Waals surface area contributed by atoms with Gasteiger partial charge in [0.25, 0.3) is 0 Å². The lowest BCUT2D eigenvalue weighted by molar-refractivity contribution is 0.00367. The quantitative estimate of drug-likeness (QED) is 0.726. The van der Waals surface area contributed by atoms with E-state index in [-0.39, 0.29) is 0 Å². The van der Waals surface area contributed by atoms with Gasteiger partial charge >= 0.3 is 0 Å². The molecule has 0 saturated carbocycles. The maximum absolute atomic E-state index is 10.2. The van der Waals surface area contributed by atoms with Crippen molar-refractivity contribution < 1.29 is 9.84 Å². The lowest BCUT2D eigenvalue weighted by Crippen LogP contribution is -2.43. The number of aliphatic hydroxyl groups is 1. The highest BCUT2D eigenvalue weighted by molar-refractivity contribution is 5.13. The minimum absolute atomic E-state index is 0.398. The molecule has 1 aliphatic rings. The summed E-state index contributed by atoms with van der Waals surface area (Å²) >= 11 is 0. The highest BCUT2D eigenvalue weighted by atomic mass is 16.5. The molecule has 21 heavy (non-hydrogen) atoms. The Balaban J connectivity index is 1.70. The van der Waals surface area contributed by atoms with Crippen LogP contribution >= 0.6 is 0 Å². The molecule has 2 N–H and O–H groups in total. The van der Waals surface area contributed by atoms with Crippen molar-refractivity contribution >= 4 is 0 Å². The molecule has 2 atom stereocenters. The molecule has 1 aromatic rings. The zero-order valence-electron chi connectivity index (χ0n) is 13.0. The lowest BCUT2D eigenvalue weighted by Gasteiger charge is -2.29. The standard InChI is InChI=1S/C17H28N2O2/c1-2-10-19(16-8-9-18-11-16)12-17(20)14-21-13-15-6-4-3-5-7-15/h3-7,16-18,20H,2,8-14H2,1H3. The predicted octanol–water partition coefficient (Wildman–Crippen LogP) is 1.64. The topological polar surface area (TPSA) is 44.7 Å². The Hall–Kier alpha value is -0.940. The Bertz CT molecular complexity index is 380. The van der Waals surface area contributed by atoms with Crippen molar-refractivity contribution in [3.05, 3.63) is 35.9 Å². The molecule has 4 nitrogen and oxygen atoms in total. The first-order valence-electron chi connectivity index (χ1n) is 8.04. The van der Waals surface area contributed by atoms with Crippen molar-refractivity contribution in [2.75, 3.05) is 32.8 Å². The summed E-state index contributed by atoms with van der Waals surface area (Å²) in [6, 6.07) is 10.7. The molecule has 0 aliphatic carbocycles. The second kappa shape index (κ2) is 9.15. The molecule has 1 saturated heterocycles. The van der Waals surface area contributed by atoms with Crippen LogP contribution in [-0.4, -0.2) is 54.9 Å². The van der Waals surface area contributed by atoms with E-state index in [0.717, 1.165) is 31.6 Å². The highest BCUT2D eigenvalue weighted by Crippen LogP contribution is 2.10. The fourth-order valence-electron chi connectivity index (χ4n) is 2.87. The molecule has 0 aromatic heterocycles. The van der Waals surface area contributed by atoms with Gasteiger partial charge in [-0.05, 0) is 31.5 Å². The number of nitrogens with one attached hydrogen (secondary N) is 1. The Morgan fingerprint density at radius 3 is 2.86 bits per heavy atom. The normalized spacial score (nSPS) is 20.0.